The van der Waals surface area contributed by atoms with E-state index in [1.165, 1.54) is 0 Å². The summed E-state index contributed by atoms with van der Waals surface area (Å²) in [5.74, 6) is 0. The summed E-state index contributed by atoms with van der Waals surface area (Å²) in [6.07, 6.45) is 3.56. The van der Waals surface area contributed by atoms with Crippen LogP contribution in [0, 0.1) is 0 Å². The Morgan fingerprint density at radius 1 is 1.14 bits per heavy atom. The van der Waals surface area contributed by atoms with Crippen LogP contribution in [0.15, 0.2) is 56.5 Å². The zero-order valence-electron chi connectivity index (χ0n) is 10.5. The second-order valence-electron chi connectivity index (χ2n) is 4.70. The van der Waals surface area contributed by atoms with Crippen molar-refractivity contribution in [1.82, 2.24) is 14.6 Å². The van der Waals surface area contributed by atoms with E-state index >= 15 is 0 Å². The molecule has 0 bridgehead atoms. The van der Waals surface area contributed by atoms with Gasteiger partial charge in [0.1, 0.15) is 0 Å². The zero-order chi connectivity index (χ0) is 14.6. The van der Waals surface area contributed by atoms with E-state index in [1.807, 2.05) is 24.4 Å². The number of hydrogen-bond acceptors (Lipinski definition) is 3. The molecule has 1 aliphatic carbocycles. The third kappa shape index (κ3) is 1.98. The van der Waals surface area contributed by atoms with E-state index in [0.717, 1.165) is 25.4 Å². The minimum Gasteiger partial charge on any atom is -0.289 e. The van der Waals surface area contributed by atoms with E-state index < -0.39 is 0 Å². The predicted molar refractivity (Wildman–Crippen MR) is 88.8 cm³/mol. The van der Waals surface area contributed by atoms with Gasteiger partial charge in [-0.2, -0.15) is 5.10 Å². The van der Waals surface area contributed by atoms with Gasteiger partial charge in [0, 0.05) is 26.1 Å². The lowest BCUT2D eigenvalue weighted by Crippen LogP contribution is -2.10. The molecular weight excluding hydrogens is 398 g/mol. The van der Waals surface area contributed by atoms with Gasteiger partial charge in [0.2, 0.25) is 0 Å². The quantitative estimate of drug-likeness (QED) is 0.330. The number of benzene rings is 2. The topological polar surface area (TPSA) is 47.3 Å². The number of aromatic nitrogens is 3. The van der Waals surface area contributed by atoms with Crippen molar-refractivity contribution in [2.24, 2.45) is 0 Å². The van der Waals surface area contributed by atoms with Gasteiger partial charge in [-0.1, -0.05) is 28.1 Å². The van der Waals surface area contributed by atoms with Crippen LogP contribution in [0.2, 0.25) is 0 Å². The van der Waals surface area contributed by atoms with Crippen molar-refractivity contribution in [2.45, 2.75) is 0 Å². The number of hydrogen-bond donors (Lipinski definition) is 0. The van der Waals surface area contributed by atoms with Crippen LogP contribution in [0.25, 0.3) is 27.7 Å². The first-order valence-electron chi connectivity index (χ1n) is 6.20. The fraction of sp³-hybridized carbons (Fsp3) is 0. The van der Waals surface area contributed by atoms with E-state index in [0.29, 0.717) is 11.2 Å². The van der Waals surface area contributed by atoms with Crippen LogP contribution in [-0.4, -0.2) is 14.6 Å². The summed E-state index contributed by atoms with van der Waals surface area (Å²) < 4.78 is 3.47. The third-order valence-electron chi connectivity index (χ3n) is 3.36. The second kappa shape index (κ2) is 4.61. The van der Waals surface area contributed by atoms with Gasteiger partial charge in [0.05, 0.1) is 17.3 Å². The molecule has 2 aromatic rings. The van der Waals surface area contributed by atoms with Crippen LogP contribution < -0.4 is 5.43 Å². The number of halogens is 2. The molecule has 0 radical (unpaired) electrons. The van der Waals surface area contributed by atoms with Crippen LogP contribution in [0.4, 0.5) is 0 Å². The highest BCUT2D eigenvalue weighted by Gasteiger charge is 2.14. The Labute approximate surface area is 136 Å². The van der Waals surface area contributed by atoms with Gasteiger partial charge in [-0.15, -0.1) is 0 Å². The molecule has 0 saturated heterocycles. The summed E-state index contributed by atoms with van der Waals surface area (Å²) in [6.45, 7) is 0. The molecule has 1 aliphatic heterocycles. The third-order valence-corrected chi connectivity index (χ3v) is 4.42. The molecule has 2 heterocycles. The second-order valence-corrected chi connectivity index (χ2v) is 6.47. The lowest BCUT2D eigenvalue weighted by Gasteiger charge is -2.10. The van der Waals surface area contributed by atoms with Crippen LogP contribution in [0.5, 0.6) is 0 Å². The molecule has 6 heteroatoms. The maximum atomic E-state index is 12.2. The normalized spacial score (nSPS) is 11.5. The summed E-state index contributed by atoms with van der Waals surface area (Å²) in [6, 6.07) is 9.05. The van der Waals surface area contributed by atoms with Crippen LogP contribution in [0.1, 0.15) is 0 Å². The molecule has 0 amide bonds. The van der Waals surface area contributed by atoms with E-state index in [9.17, 15) is 4.79 Å². The Morgan fingerprint density at radius 2 is 2.00 bits per heavy atom. The molecule has 4 nitrogen and oxygen atoms in total. The van der Waals surface area contributed by atoms with Crippen molar-refractivity contribution in [3.8, 4) is 11.1 Å². The predicted octanol–water partition coefficient (Wildman–Crippen LogP) is 3.87. The first kappa shape index (κ1) is 12.9. The van der Waals surface area contributed by atoms with Gasteiger partial charge in [-0.05, 0) is 34.1 Å². The molecule has 0 N–H and O–H groups in total. The Bertz CT molecular complexity index is 1040. The number of nitrogens with zero attached hydrogens (tertiary/aromatic N) is 3. The highest BCUT2D eigenvalue weighted by atomic mass is 79.9. The minimum absolute atomic E-state index is 0.0486. The lowest BCUT2D eigenvalue weighted by atomic mass is 10.1. The van der Waals surface area contributed by atoms with Crippen LogP contribution >= 0.6 is 31.9 Å². The highest BCUT2D eigenvalue weighted by molar-refractivity contribution is 9.11. The fourth-order valence-corrected chi connectivity index (χ4v) is 3.78. The average molecular weight is 405 g/mol. The van der Waals surface area contributed by atoms with E-state index in [-0.39, 0.29) is 5.43 Å². The van der Waals surface area contributed by atoms with Crippen molar-refractivity contribution >= 4 is 48.4 Å². The van der Waals surface area contributed by atoms with E-state index in [1.54, 1.807) is 22.8 Å². The van der Waals surface area contributed by atoms with E-state index in [4.69, 9.17) is 0 Å². The molecule has 2 aliphatic rings. The van der Waals surface area contributed by atoms with Crippen molar-refractivity contribution in [3.05, 3.63) is 61.9 Å². The minimum atomic E-state index is -0.0486. The first-order chi connectivity index (χ1) is 10.1. The lowest BCUT2D eigenvalue weighted by molar-refractivity contribution is 0.914. The highest BCUT2D eigenvalue weighted by Crippen LogP contribution is 2.29. The summed E-state index contributed by atoms with van der Waals surface area (Å²) >= 11 is 6.98. The molecule has 0 unspecified atom stereocenters. The SMILES string of the molecule is O=c1cccc2cnn3cc4cc(Br)cc(Br)c4nc3c1-2. The molecule has 21 heavy (non-hydrogen) atoms. The standard InChI is InChI=1S/C15H7Br2N3O/c16-10-4-9-7-20-15(19-14(9)11(17)5-10)13-8(6-18-20)2-1-3-12(13)21/h1-7H. The van der Waals surface area contributed by atoms with Gasteiger partial charge >= 0.3 is 0 Å². The molecule has 0 spiro atoms. The molecule has 102 valence electrons. The van der Waals surface area contributed by atoms with Gasteiger partial charge < -0.3 is 0 Å². The fourth-order valence-electron chi connectivity index (χ4n) is 2.43. The molecular formula is C15H7Br2N3O. The van der Waals surface area contributed by atoms with Crippen molar-refractivity contribution in [3.63, 3.8) is 0 Å². The maximum absolute atomic E-state index is 12.2. The number of rotatable bonds is 0. The monoisotopic (exact) mass is 403 g/mol. The summed E-state index contributed by atoms with van der Waals surface area (Å²) in [5, 5.41) is 5.28. The van der Waals surface area contributed by atoms with Crippen molar-refractivity contribution < 1.29 is 0 Å². The molecule has 0 fully saturated rings. The molecule has 0 saturated carbocycles. The van der Waals surface area contributed by atoms with Gasteiger partial charge in [0.25, 0.3) is 0 Å². The Morgan fingerprint density at radius 3 is 2.86 bits per heavy atom. The Kier molecular flexibility index (Phi) is 2.83. The summed E-state index contributed by atoms with van der Waals surface area (Å²) in [7, 11) is 0. The average Bonchev–Trinajstić information content (AvgIpc) is 2.45. The number of fused-ring (bicyclic) bond motifs is 4. The smallest absolute Gasteiger partial charge is 0.190 e. The Hall–Kier alpha value is -1.79. The van der Waals surface area contributed by atoms with Crippen molar-refractivity contribution in [2.75, 3.05) is 0 Å². The molecule has 1 aromatic heterocycles. The summed E-state index contributed by atoms with van der Waals surface area (Å²) in [4.78, 5) is 16.8. The van der Waals surface area contributed by atoms with E-state index in [2.05, 4.69) is 41.9 Å². The molecule has 4 rings (SSSR count). The maximum Gasteiger partial charge on any atom is 0.190 e. The molecule has 1 aromatic carbocycles. The Balaban J connectivity index is 2.26. The summed E-state index contributed by atoms with van der Waals surface area (Å²) in [5.41, 5.74) is 2.70. The zero-order valence-corrected chi connectivity index (χ0v) is 13.7. The molecule has 0 atom stereocenters. The van der Waals surface area contributed by atoms with Crippen LogP contribution in [-0.2, 0) is 0 Å². The van der Waals surface area contributed by atoms with Gasteiger partial charge in [-0.3, -0.25) is 4.79 Å². The largest absolute Gasteiger partial charge is 0.289 e. The van der Waals surface area contributed by atoms with Gasteiger partial charge in [-0.25, -0.2) is 9.50 Å². The first-order valence-corrected chi connectivity index (χ1v) is 7.78. The van der Waals surface area contributed by atoms with Crippen LogP contribution in [0.3, 0.4) is 0 Å². The van der Waals surface area contributed by atoms with Gasteiger partial charge in [0.15, 0.2) is 11.1 Å². The van der Waals surface area contributed by atoms with Crippen molar-refractivity contribution in [1.29, 1.82) is 0 Å².